The highest BCUT2D eigenvalue weighted by Crippen LogP contribution is 2.54. The molecule has 7 heterocycles. The lowest BCUT2D eigenvalue weighted by Gasteiger charge is -2.29. The SMILES string of the molecule is [B][P@@]1(=O)OC[C@H]2OC(n3cnc4c(N)ccnc43)[C@H](F)[C@@H]2OP(O)(=S)OC[C@H]2O[C@@H](n3cnc4c(N)ncnc43)[C@H](F)[C@@H]2O1. The van der Waals surface area contributed by atoms with Gasteiger partial charge < -0.3 is 39.4 Å². The first-order valence-corrected chi connectivity index (χ1v) is 17.1. The van der Waals surface area contributed by atoms with E-state index < -0.39 is 76.6 Å². The van der Waals surface area contributed by atoms with Crippen LogP contribution in [-0.4, -0.2) is 96.5 Å². The van der Waals surface area contributed by atoms with Gasteiger partial charge in [0.2, 0.25) is 7.57 Å². The second kappa shape index (κ2) is 11.0. The summed E-state index contributed by atoms with van der Waals surface area (Å²) in [6, 6.07) is 1.52. The van der Waals surface area contributed by atoms with Crippen LogP contribution in [0.3, 0.4) is 0 Å². The molecule has 3 aliphatic heterocycles. The first-order chi connectivity index (χ1) is 20.9. The summed E-state index contributed by atoms with van der Waals surface area (Å²) in [5, 5.41) is 0. The molecular weight excluding hydrogens is 649 g/mol. The zero-order chi connectivity index (χ0) is 31.0. The topological polar surface area (TPSA) is 219 Å². The summed E-state index contributed by atoms with van der Waals surface area (Å²) in [7, 11) is 1.28. The van der Waals surface area contributed by atoms with E-state index in [1.165, 1.54) is 34.1 Å². The number of alkyl halides is 2. The van der Waals surface area contributed by atoms with E-state index in [4.69, 9.17) is 58.4 Å². The highest BCUT2D eigenvalue weighted by atomic mass is 32.5. The Bertz CT molecular complexity index is 1710. The van der Waals surface area contributed by atoms with Gasteiger partial charge in [-0.2, -0.15) is 0 Å². The van der Waals surface area contributed by atoms with Crippen LogP contribution in [0.15, 0.2) is 31.2 Å². The number of fused-ring (bicyclic) bond motifs is 4. The van der Waals surface area contributed by atoms with E-state index in [2.05, 4.69) is 24.9 Å². The van der Waals surface area contributed by atoms with E-state index in [1.807, 2.05) is 0 Å². The van der Waals surface area contributed by atoms with Gasteiger partial charge in [-0.1, -0.05) is 0 Å². The number of pyridine rings is 1. The van der Waals surface area contributed by atoms with Crippen molar-refractivity contribution in [3.05, 3.63) is 31.2 Å². The van der Waals surface area contributed by atoms with Crippen molar-refractivity contribution >= 4 is 67.4 Å². The standard InChI is InChI=1S/C21H22BF2N9O8P2S/c22-42(34)36-3-9-16(12(24)21(38-9)32-6-30-13-8(25)1-2-27-18(13)32)41-43(35,44)37-4-10-15(40-42)11(23)20(39-10)33-7-31-14-17(26)28-5-29-19(14)33/h1-2,5-7,9-12,15-16,20-21H,3-4H2,(H2,25,27)(H,35,44)(H2,26,28,29)/t9-,10-,11-,12-,15-,16-,20-,21?,42-,43?/m1/s1. The third kappa shape index (κ3) is 5.20. The van der Waals surface area contributed by atoms with Gasteiger partial charge in [-0.05, 0) is 17.9 Å². The quantitative estimate of drug-likeness (QED) is 0.201. The van der Waals surface area contributed by atoms with Gasteiger partial charge in [0.05, 0.1) is 31.6 Å². The van der Waals surface area contributed by atoms with Gasteiger partial charge in [0.25, 0.3) is 7.47 Å². The highest BCUT2D eigenvalue weighted by Gasteiger charge is 2.53. The summed E-state index contributed by atoms with van der Waals surface area (Å²) >= 11 is 5.15. The molecule has 4 aromatic rings. The molecular formula is C21H22BF2N9O8P2S. The van der Waals surface area contributed by atoms with Crippen molar-refractivity contribution < 1.29 is 45.8 Å². The number of imidazole rings is 2. The Morgan fingerprint density at radius 3 is 2.18 bits per heavy atom. The molecule has 0 bridgehead atoms. The largest absolute Gasteiger partial charge is 0.397 e. The zero-order valence-electron chi connectivity index (χ0n) is 22.1. The molecule has 4 aromatic heterocycles. The summed E-state index contributed by atoms with van der Waals surface area (Å²) in [6.07, 6.45) is -7.79. The predicted octanol–water partition coefficient (Wildman–Crippen LogP) is 1.22. The van der Waals surface area contributed by atoms with E-state index >= 15 is 8.78 Å². The molecule has 3 saturated heterocycles. The van der Waals surface area contributed by atoms with Gasteiger partial charge >= 0.3 is 6.72 Å². The van der Waals surface area contributed by atoms with Crippen molar-refractivity contribution in [1.29, 1.82) is 0 Å². The van der Waals surface area contributed by atoms with E-state index in [0.717, 1.165) is 6.33 Å². The fraction of sp³-hybridized carbons (Fsp3) is 0.476. The Morgan fingerprint density at radius 1 is 0.909 bits per heavy atom. The van der Waals surface area contributed by atoms with E-state index in [0.29, 0.717) is 11.2 Å². The Labute approximate surface area is 252 Å². The highest BCUT2D eigenvalue weighted by molar-refractivity contribution is 8.07. The summed E-state index contributed by atoms with van der Waals surface area (Å²) in [5.74, 6) is 0.0500. The average molecular weight is 671 g/mol. The molecule has 3 fully saturated rings. The number of nitrogen functional groups attached to an aromatic ring is 2. The first kappa shape index (κ1) is 30.0. The van der Waals surface area contributed by atoms with Crippen molar-refractivity contribution in [3.8, 4) is 0 Å². The molecule has 0 spiro atoms. The van der Waals surface area contributed by atoms with Gasteiger partial charge in [-0.15, -0.1) is 0 Å². The van der Waals surface area contributed by atoms with E-state index in [1.54, 1.807) is 0 Å². The van der Waals surface area contributed by atoms with Crippen molar-refractivity contribution in [2.75, 3.05) is 24.7 Å². The lowest BCUT2D eigenvalue weighted by Crippen LogP contribution is -2.37. The van der Waals surface area contributed by atoms with E-state index in [9.17, 15) is 9.46 Å². The maximum atomic E-state index is 16.0. The number of hydrogen-bond donors (Lipinski definition) is 3. The van der Waals surface area contributed by atoms with Crippen LogP contribution in [0, 0.1) is 0 Å². The van der Waals surface area contributed by atoms with Crippen LogP contribution in [-0.2, 0) is 43.9 Å². The molecule has 5 N–H and O–H groups in total. The third-order valence-electron chi connectivity index (χ3n) is 7.31. The maximum Gasteiger partial charge on any atom is 0.325 e. The van der Waals surface area contributed by atoms with Crippen molar-refractivity contribution in [2.24, 2.45) is 0 Å². The van der Waals surface area contributed by atoms with Crippen LogP contribution in [0.2, 0.25) is 0 Å². The number of nitrogens with zero attached hydrogens (tertiary/aromatic N) is 7. The van der Waals surface area contributed by atoms with Gasteiger partial charge in [0, 0.05) is 6.20 Å². The van der Waals surface area contributed by atoms with Crippen molar-refractivity contribution in [3.63, 3.8) is 0 Å². The summed E-state index contributed by atoms with van der Waals surface area (Å²) in [4.78, 5) is 31.3. The summed E-state index contributed by atoms with van der Waals surface area (Å²) < 4.78 is 81.1. The van der Waals surface area contributed by atoms with Crippen molar-refractivity contribution in [1.82, 2.24) is 34.1 Å². The monoisotopic (exact) mass is 671 g/mol. The molecule has 10 atom stereocenters. The number of halogens is 2. The lowest BCUT2D eigenvalue weighted by atomic mass is 10.1. The molecule has 17 nitrogen and oxygen atoms in total. The molecule has 232 valence electrons. The Morgan fingerprint density at radius 2 is 1.50 bits per heavy atom. The first-order valence-electron chi connectivity index (χ1n) is 12.9. The maximum absolute atomic E-state index is 16.0. The number of ether oxygens (including phenoxy) is 2. The van der Waals surface area contributed by atoms with Crippen LogP contribution in [0.4, 0.5) is 20.3 Å². The van der Waals surface area contributed by atoms with Gasteiger partial charge in [-0.3, -0.25) is 18.2 Å². The van der Waals surface area contributed by atoms with Crippen LogP contribution < -0.4 is 11.5 Å². The smallest absolute Gasteiger partial charge is 0.325 e. The minimum Gasteiger partial charge on any atom is -0.397 e. The van der Waals surface area contributed by atoms with Gasteiger partial charge in [0.15, 0.2) is 41.9 Å². The van der Waals surface area contributed by atoms with Gasteiger partial charge in [-0.25, -0.2) is 33.7 Å². The molecule has 7 rings (SSSR count). The summed E-state index contributed by atoms with van der Waals surface area (Å²) in [6.45, 7) is -5.55. The third-order valence-corrected chi connectivity index (χ3v) is 9.91. The number of anilines is 2. The Balaban J connectivity index is 1.17. The number of hydrogen-bond acceptors (Lipinski definition) is 15. The molecule has 2 radical (unpaired) electrons. The second-order valence-electron chi connectivity index (χ2n) is 10.1. The van der Waals surface area contributed by atoms with Crippen LogP contribution in [0.5, 0.6) is 0 Å². The van der Waals surface area contributed by atoms with Crippen molar-refractivity contribution in [2.45, 2.75) is 49.2 Å². The Hall–Kier alpha value is -2.71. The van der Waals surface area contributed by atoms with Crippen LogP contribution >= 0.6 is 14.2 Å². The number of nitrogens with two attached hydrogens (primary N) is 2. The molecule has 0 aliphatic carbocycles. The fourth-order valence-electron chi connectivity index (χ4n) is 5.28. The number of aromatic nitrogens is 7. The molecule has 2 unspecified atom stereocenters. The molecule has 3 aliphatic rings. The van der Waals surface area contributed by atoms with E-state index in [-0.39, 0.29) is 22.6 Å². The fourth-order valence-corrected chi connectivity index (χ4v) is 7.72. The summed E-state index contributed by atoms with van der Waals surface area (Å²) in [5.41, 5.74) is 12.9. The predicted molar refractivity (Wildman–Crippen MR) is 151 cm³/mol. The minimum absolute atomic E-state index is 0.0500. The van der Waals surface area contributed by atoms with Gasteiger partial charge in [0.1, 0.15) is 41.8 Å². The minimum atomic E-state index is -4.56. The molecule has 0 amide bonds. The lowest BCUT2D eigenvalue weighted by molar-refractivity contribution is -0.0566. The second-order valence-corrected chi connectivity index (χ2v) is 14.4. The van der Waals surface area contributed by atoms with Crippen LogP contribution in [0.1, 0.15) is 12.5 Å². The molecule has 23 heteroatoms. The number of rotatable bonds is 2. The van der Waals surface area contributed by atoms with Crippen LogP contribution in [0.25, 0.3) is 22.3 Å². The normalized spacial score (nSPS) is 38.2. The zero-order valence-corrected chi connectivity index (χ0v) is 24.8. The molecule has 44 heavy (non-hydrogen) atoms. The molecule has 0 aromatic carbocycles. The molecule has 0 saturated carbocycles. The average Bonchev–Trinajstić information content (AvgIpc) is 3.73. The Kier molecular flexibility index (Phi) is 7.48.